The molecule has 0 aliphatic rings. The van der Waals surface area contributed by atoms with Crippen molar-refractivity contribution in [3.63, 3.8) is 0 Å². The minimum absolute atomic E-state index is 0.0215. The van der Waals surface area contributed by atoms with Crippen molar-refractivity contribution < 1.29 is 5.11 Å². The maximum atomic E-state index is 9.46. The number of pyridine rings is 1. The summed E-state index contributed by atoms with van der Waals surface area (Å²) in [5, 5.41) is 20.0. The van der Waals surface area contributed by atoms with E-state index in [1.54, 1.807) is 15.6 Å². The molecular weight excluding hydrogens is 350 g/mol. The van der Waals surface area contributed by atoms with Crippen LogP contribution in [0, 0.1) is 0 Å². The Morgan fingerprint density at radius 2 is 1.92 bits per heavy atom. The SMILES string of the molecule is C[C@@H](CO)n1cc2c(-c3cnn(C)c3)nc(-c3ccc(Cl)cc3)cc2n1. The van der Waals surface area contributed by atoms with E-state index in [9.17, 15) is 5.11 Å². The number of nitrogens with zero attached hydrogens (tertiary/aromatic N) is 5. The Bertz CT molecular complexity index is 1070. The Hall–Kier alpha value is -2.70. The maximum Gasteiger partial charge on any atom is 0.0967 e. The molecule has 6 nitrogen and oxygen atoms in total. The second-order valence-corrected chi connectivity index (χ2v) is 6.78. The zero-order valence-corrected chi connectivity index (χ0v) is 15.2. The number of fused-ring (bicyclic) bond motifs is 1. The predicted molar refractivity (Wildman–Crippen MR) is 102 cm³/mol. The molecule has 0 radical (unpaired) electrons. The van der Waals surface area contributed by atoms with Crippen LogP contribution in [0.5, 0.6) is 0 Å². The molecule has 0 fully saturated rings. The van der Waals surface area contributed by atoms with Crippen LogP contribution in [0.2, 0.25) is 5.02 Å². The minimum Gasteiger partial charge on any atom is -0.394 e. The first kappa shape index (κ1) is 16.8. The summed E-state index contributed by atoms with van der Waals surface area (Å²) < 4.78 is 3.52. The van der Waals surface area contributed by atoms with Crippen LogP contribution in [-0.2, 0) is 7.05 Å². The molecule has 26 heavy (non-hydrogen) atoms. The number of aromatic nitrogens is 5. The lowest BCUT2D eigenvalue weighted by atomic mass is 10.1. The Labute approximate surface area is 155 Å². The largest absolute Gasteiger partial charge is 0.394 e. The van der Waals surface area contributed by atoms with Gasteiger partial charge in [0.1, 0.15) is 0 Å². The molecule has 1 atom stereocenters. The Kier molecular flexibility index (Phi) is 4.22. The van der Waals surface area contributed by atoms with Crippen LogP contribution < -0.4 is 0 Å². The van der Waals surface area contributed by atoms with E-state index in [1.807, 2.05) is 56.7 Å². The number of hydrogen-bond acceptors (Lipinski definition) is 4. The number of aliphatic hydroxyl groups excluding tert-OH is 1. The van der Waals surface area contributed by atoms with Crippen LogP contribution in [0.25, 0.3) is 33.4 Å². The van der Waals surface area contributed by atoms with Crippen molar-refractivity contribution in [1.82, 2.24) is 24.5 Å². The summed E-state index contributed by atoms with van der Waals surface area (Å²) in [5.74, 6) is 0. The van der Waals surface area contributed by atoms with E-state index < -0.39 is 0 Å². The Balaban J connectivity index is 1.95. The molecule has 3 heterocycles. The first-order chi connectivity index (χ1) is 12.5. The fourth-order valence-electron chi connectivity index (χ4n) is 2.88. The number of hydrogen-bond donors (Lipinski definition) is 1. The van der Waals surface area contributed by atoms with Crippen molar-refractivity contribution in [2.45, 2.75) is 13.0 Å². The monoisotopic (exact) mass is 367 g/mol. The third kappa shape index (κ3) is 2.98. The smallest absolute Gasteiger partial charge is 0.0967 e. The van der Waals surface area contributed by atoms with Crippen molar-refractivity contribution in [2.75, 3.05) is 6.61 Å². The summed E-state index contributed by atoms with van der Waals surface area (Å²) in [6, 6.07) is 9.42. The zero-order valence-electron chi connectivity index (χ0n) is 14.5. The third-order valence-corrected chi connectivity index (χ3v) is 4.61. The summed E-state index contributed by atoms with van der Waals surface area (Å²) in [7, 11) is 1.88. The van der Waals surface area contributed by atoms with E-state index in [4.69, 9.17) is 16.6 Å². The molecule has 0 aliphatic heterocycles. The van der Waals surface area contributed by atoms with E-state index in [2.05, 4.69) is 10.2 Å². The number of aliphatic hydroxyl groups is 1. The van der Waals surface area contributed by atoms with Gasteiger partial charge in [0, 0.05) is 41.0 Å². The van der Waals surface area contributed by atoms with Gasteiger partial charge in [0.2, 0.25) is 0 Å². The molecule has 1 N–H and O–H groups in total. The minimum atomic E-state index is -0.108. The van der Waals surface area contributed by atoms with Gasteiger partial charge in [-0.25, -0.2) is 4.98 Å². The average molecular weight is 368 g/mol. The molecule has 0 saturated heterocycles. The van der Waals surface area contributed by atoms with Crippen LogP contribution in [0.15, 0.2) is 48.9 Å². The molecule has 0 spiro atoms. The molecule has 132 valence electrons. The first-order valence-corrected chi connectivity index (χ1v) is 8.68. The van der Waals surface area contributed by atoms with Crippen molar-refractivity contribution in [2.24, 2.45) is 7.05 Å². The number of benzene rings is 1. The fourth-order valence-corrected chi connectivity index (χ4v) is 3.00. The van der Waals surface area contributed by atoms with Crippen LogP contribution >= 0.6 is 11.6 Å². The van der Waals surface area contributed by atoms with E-state index in [1.165, 1.54) is 0 Å². The molecule has 0 unspecified atom stereocenters. The van der Waals surface area contributed by atoms with E-state index >= 15 is 0 Å². The van der Waals surface area contributed by atoms with Gasteiger partial charge < -0.3 is 5.11 Å². The second kappa shape index (κ2) is 6.55. The van der Waals surface area contributed by atoms with Crippen LogP contribution in [0.1, 0.15) is 13.0 Å². The highest BCUT2D eigenvalue weighted by atomic mass is 35.5. The lowest BCUT2D eigenvalue weighted by Gasteiger charge is -2.06. The molecule has 0 aliphatic carbocycles. The second-order valence-electron chi connectivity index (χ2n) is 6.34. The normalized spacial score (nSPS) is 12.6. The van der Waals surface area contributed by atoms with Gasteiger partial charge in [-0.3, -0.25) is 9.36 Å². The molecule has 1 aromatic carbocycles. The van der Waals surface area contributed by atoms with E-state index in [-0.39, 0.29) is 12.6 Å². The molecule has 4 rings (SSSR count). The van der Waals surface area contributed by atoms with Gasteiger partial charge in [-0.2, -0.15) is 10.2 Å². The summed E-state index contributed by atoms with van der Waals surface area (Å²) in [6.07, 6.45) is 5.65. The molecule has 0 amide bonds. The van der Waals surface area contributed by atoms with Gasteiger partial charge in [0.15, 0.2) is 0 Å². The number of halogens is 1. The quantitative estimate of drug-likeness (QED) is 0.597. The highest BCUT2D eigenvalue weighted by Gasteiger charge is 2.16. The lowest BCUT2D eigenvalue weighted by molar-refractivity contribution is 0.230. The molecule has 0 saturated carbocycles. The topological polar surface area (TPSA) is 68.8 Å². The molecule has 7 heteroatoms. The van der Waals surface area contributed by atoms with Crippen molar-refractivity contribution in [3.05, 3.63) is 53.9 Å². The van der Waals surface area contributed by atoms with Crippen molar-refractivity contribution >= 4 is 22.5 Å². The van der Waals surface area contributed by atoms with Crippen molar-refractivity contribution in [3.8, 4) is 22.5 Å². The van der Waals surface area contributed by atoms with Crippen molar-refractivity contribution in [1.29, 1.82) is 0 Å². The lowest BCUT2D eigenvalue weighted by Crippen LogP contribution is -2.09. The summed E-state index contributed by atoms with van der Waals surface area (Å²) in [6.45, 7) is 1.94. The van der Waals surface area contributed by atoms with Gasteiger partial charge in [-0.1, -0.05) is 23.7 Å². The standard InChI is InChI=1S/C19H18ClN5O/c1-12(11-26)25-10-16-18(23-25)7-17(13-3-5-15(20)6-4-13)22-19(16)14-8-21-24(2)9-14/h3-10,12,26H,11H2,1-2H3/t12-/m0/s1. The molecule has 0 bridgehead atoms. The van der Waals surface area contributed by atoms with Crippen LogP contribution in [0.4, 0.5) is 0 Å². The summed E-state index contributed by atoms with van der Waals surface area (Å²) >= 11 is 6.01. The highest BCUT2D eigenvalue weighted by molar-refractivity contribution is 6.30. The Morgan fingerprint density at radius 1 is 1.15 bits per heavy atom. The maximum absolute atomic E-state index is 9.46. The zero-order chi connectivity index (χ0) is 18.3. The van der Waals surface area contributed by atoms with E-state index in [0.29, 0.717) is 5.02 Å². The van der Waals surface area contributed by atoms with Crippen LogP contribution in [-0.4, -0.2) is 36.3 Å². The molecule has 4 aromatic rings. The van der Waals surface area contributed by atoms with Gasteiger partial charge in [0.25, 0.3) is 0 Å². The van der Waals surface area contributed by atoms with E-state index in [0.717, 1.165) is 33.4 Å². The van der Waals surface area contributed by atoms with Gasteiger partial charge in [-0.05, 0) is 25.1 Å². The number of aryl methyl sites for hydroxylation is 1. The molecule has 3 aromatic heterocycles. The highest BCUT2D eigenvalue weighted by Crippen LogP contribution is 2.31. The van der Waals surface area contributed by atoms with Gasteiger partial charge >= 0.3 is 0 Å². The molecular formula is C19H18ClN5O. The van der Waals surface area contributed by atoms with Crippen LogP contribution in [0.3, 0.4) is 0 Å². The first-order valence-electron chi connectivity index (χ1n) is 8.31. The fraction of sp³-hybridized carbons (Fsp3) is 0.211. The summed E-state index contributed by atoms with van der Waals surface area (Å²) in [5.41, 5.74) is 4.34. The third-order valence-electron chi connectivity index (χ3n) is 4.36. The Morgan fingerprint density at radius 3 is 2.58 bits per heavy atom. The average Bonchev–Trinajstić information content (AvgIpc) is 3.27. The summed E-state index contributed by atoms with van der Waals surface area (Å²) in [4.78, 5) is 4.87. The van der Waals surface area contributed by atoms with Gasteiger partial charge in [-0.15, -0.1) is 0 Å². The number of rotatable bonds is 4. The van der Waals surface area contributed by atoms with Gasteiger partial charge in [0.05, 0.1) is 35.8 Å². The predicted octanol–water partition coefficient (Wildman–Crippen LogP) is 3.71.